The molecule has 7 aromatic rings. The van der Waals surface area contributed by atoms with Crippen LogP contribution in [0.4, 0.5) is 10.5 Å². The number of amides is 2. The van der Waals surface area contributed by atoms with E-state index in [0.29, 0.717) is 31.8 Å². The van der Waals surface area contributed by atoms with Gasteiger partial charge in [0.05, 0.1) is 17.5 Å². The number of fused-ring (bicyclic) bond motifs is 2. The van der Waals surface area contributed by atoms with E-state index in [0.717, 1.165) is 105 Å². The van der Waals surface area contributed by atoms with Crippen LogP contribution in [0.3, 0.4) is 0 Å². The molecule has 1 unspecified atom stereocenters. The number of anilines is 1. The average Bonchev–Trinajstić information content (AvgIpc) is 3.96. The molecule has 1 aromatic heterocycles. The fourth-order valence-corrected chi connectivity index (χ4v) is 11.4. The standard InChI is InChI=1S/C31H35N3O3.C30H35N5OS/c35-30-20-26-14-7-8-16-29(26)34(30)28-17-19-33(31(36)37)27(21-28)15-9-18-32(22-24-10-3-1-4-11-24)23-25-12-5-2-6-13-25;1-23(34(21-24-10-4-2-5-11-24)22-25-12-6-3-7-13-25)20-31-30(37)33-18-16-26(17-19-33)35-28-15-9-8-14-27(28)32-29(35)36/h1-8,10-14,16,27-28H,9,15,17-23H2,(H,36,37);2-15,23,26H,16-22H2,1H3,(H,31,37)(H,32,36)/t27-,28?;23-/m00/s1. The number of nitrogens with zero attached hydrogens (tertiary/aromatic N) is 6. The van der Waals surface area contributed by atoms with Gasteiger partial charge in [-0.1, -0.05) is 152 Å². The number of nitrogens with one attached hydrogen (secondary N) is 2. The van der Waals surface area contributed by atoms with E-state index in [1.807, 2.05) is 70.1 Å². The van der Waals surface area contributed by atoms with Crippen molar-refractivity contribution in [2.75, 3.05) is 37.6 Å². The molecule has 10 rings (SSSR count). The third kappa shape index (κ3) is 13.4. The predicted molar refractivity (Wildman–Crippen MR) is 300 cm³/mol. The maximum absolute atomic E-state index is 12.9. The minimum absolute atomic E-state index is 0.0221. The Morgan fingerprint density at radius 2 is 1.22 bits per heavy atom. The van der Waals surface area contributed by atoms with Crippen molar-refractivity contribution < 1.29 is 14.7 Å². The first-order valence-electron chi connectivity index (χ1n) is 26.4. The van der Waals surface area contributed by atoms with E-state index in [4.69, 9.17) is 12.2 Å². The number of rotatable bonds is 17. The van der Waals surface area contributed by atoms with Gasteiger partial charge in [-0.05, 0) is 110 Å². The number of carbonyl (C=O) groups excluding carboxylic acids is 1. The van der Waals surface area contributed by atoms with E-state index in [-0.39, 0.29) is 29.7 Å². The Hall–Kier alpha value is -7.06. The second-order valence-electron chi connectivity index (χ2n) is 20.1. The van der Waals surface area contributed by atoms with Gasteiger partial charge in [-0.25, -0.2) is 9.59 Å². The largest absolute Gasteiger partial charge is 0.465 e. The van der Waals surface area contributed by atoms with Crippen molar-refractivity contribution in [2.24, 2.45) is 0 Å². The average molecular weight is 1010 g/mol. The quantitative estimate of drug-likeness (QED) is 0.0766. The number of imidazole rings is 1. The van der Waals surface area contributed by atoms with Crippen molar-refractivity contribution in [1.29, 1.82) is 0 Å². The number of hydrogen-bond acceptors (Lipinski definition) is 6. The lowest BCUT2D eigenvalue weighted by atomic mass is 9.92. The van der Waals surface area contributed by atoms with E-state index in [9.17, 15) is 19.5 Å². The Bertz CT molecular complexity index is 2880. The molecule has 0 radical (unpaired) electrons. The van der Waals surface area contributed by atoms with E-state index < -0.39 is 6.09 Å². The Kier molecular flexibility index (Phi) is 17.7. The Labute approximate surface area is 441 Å². The number of likely N-dealkylation sites (tertiary alicyclic amines) is 2. The molecule has 0 saturated carbocycles. The van der Waals surface area contributed by atoms with Crippen LogP contribution in [0.2, 0.25) is 0 Å². The summed E-state index contributed by atoms with van der Waals surface area (Å²) in [6.45, 7) is 9.54. The molecular weight excluding hydrogens is 941 g/mol. The van der Waals surface area contributed by atoms with E-state index in [1.54, 1.807) is 4.90 Å². The topological polar surface area (TPSA) is 120 Å². The first-order valence-corrected chi connectivity index (χ1v) is 26.8. The molecule has 3 atom stereocenters. The molecule has 13 heteroatoms. The monoisotopic (exact) mass is 1010 g/mol. The van der Waals surface area contributed by atoms with Crippen LogP contribution < -0.4 is 15.9 Å². The number of aromatic nitrogens is 2. The zero-order chi connectivity index (χ0) is 51.2. The zero-order valence-electron chi connectivity index (χ0n) is 42.6. The minimum Gasteiger partial charge on any atom is -0.465 e. The van der Waals surface area contributed by atoms with Gasteiger partial charge in [-0.15, -0.1) is 0 Å². The zero-order valence-corrected chi connectivity index (χ0v) is 43.4. The molecule has 6 aromatic carbocycles. The van der Waals surface area contributed by atoms with Gasteiger partial charge in [0.1, 0.15) is 0 Å². The molecule has 2 saturated heterocycles. The fraction of sp³-hybridized carbons (Fsp3) is 0.344. The summed E-state index contributed by atoms with van der Waals surface area (Å²) in [6.07, 6.45) is 4.41. The molecule has 12 nitrogen and oxygen atoms in total. The van der Waals surface area contributed by atoms with Crippen molar-refractivity contribution in [2.45, 2.75) is 102 Å². The number of hydrogen-bond donors (Lipinski definition) is 3. The summed E-state index contributed by atoms with van der Waals surface area (Å²) in [7, 11) is 0. The molecular formula is C61H70N8O4S. The maximum Gasteiger partial charge on any atom is 0.407 e. The Morgan fingerprint density at radius 1 is 0.689 bits per heavy atom. The number of carboxylic acid groups (broad SMARTS) is 1. The molecule has 3 aliphatic rings. The number of aromatic amines is 1. The van der Waals surface area contributed by atoms with Crippen LogP contribution in [-0.4, -0.2) is 102 Å². The normalized spacial score (nSPS) is 17.3. The second kappa shape index (κ2) is 25.3. The number of carbonyl (C=O) groups is 2. The summed E-state index contributed by atoms with van der Waals surface area (Å²) >= 11 is 5.80. The van der Waals surface area contributed by atoms with Gasteiger partial charge >= 0.3 is 11.8 Å². The highest BCUT2D eigenvalue weighted by molar-refractivity contribution is 7.80. The highest BCUT2D eigenvalue weighted by Gasteiger charge is 2.39. The van der Waals surface area contributed by atoms with Gasteiger partial charge in [-0.3, -0.25) is 19.2 Å². The Balaban J connectivity index is 0.000000182. The number of para-hydroxylation sites is 3. The lowest BCUT2D eigenvalue weighted by Crippen LogP contribution is -2.52. The lowest BCUT2D eigenvalue weighted by molar-refractivity contribution is -0.118. The van der Waals surface area contributed by atoms with E-state index >= 15 is 0 Å². The van der Waals surface area contributed by atoms with Crippen LogP contribution in [0, 0.1) is 0 Å². The first-order chi connectivity index (χ1) is 36.2. The van der Waals surface area contributed by atoms with Crippen LogP contribution in [0.15, 0.2) is 175 Å². The maximum atomic E-state index is 12.9. The van der Waals surface area contributed by atoms with Gasteiger partial charge < -0.3 is 30.1 Å². The first kappa shape index (κ1) is 51.8. The SMILES string of the molecule is C[C@@H](CNC(=S)N1CCC(n2c(=O)[nH]c3ccccc32)CC1)N(Cc1ccccc1)Cc1ccccc1.O=C1Cc2ccccc2N1C1CCN(C(=O)O)[C@@H](CCCN(Cc2ccccc2)Cc2ccccc2)C1. The second-order valence-corrected chi connectivity index (χ2v) is 20.5. The van der Waals surface area contributed by atoms with Crippen LogP contribution >= 0.6 is 12.2 Å². The Morgan fingerprint density at radius 3 is 1.81 bits per heavy atom. The van der Waals surface area contributed by atoms with E-state index in [2.05, 4.69) is 141 Å². The van der Waals surface area contributed by atoms with E-state index in [1.165, 1.54) is 22.3 Å². The van der Waals surface area contributed by atoms with Gasteiger partial charge in [0.15, 0.2) is 5.11 Å². The number of H-pyrrole nitrogens is 1. The smallest absolute Gasteiger partial charge is 0.407 e. The van der Waals surface area contributed by atoms with Crippen molar-refractivity contribution in [1.82, 2.24) is 34.5 Å². The fourth-order valence-electron chi connectivity index (χ4n) is 11.2. The molecule has 4 heterocycles. The van der Waals surface area contributed by atoms with Crippen LogP contribution in [-0.2, 0) is 37.4 Å². The summed E-state index contributed by atoms with van der Waals surface area (Å²) < 4.78 is 1.93. The highest BCUT2D eigenvalue weighted by atomic mass is 32.1. The van der Waals surface area contributed by atoms with Crippen LogP contribution in [0.5, 0.6) is 0 Å². The molecule has 0 spiro atoms. The molecule has 3 aliphatic heterocycles. The molecule has 2 amide bonds. The van der Waals surface area contributed by atoms with Gasteiger partial charge in [0.2, 0.25) is 5.91 Å². The summed E-state index contributed by atoms with van der Waals surface area (Å²) in [5.41, 5.74) is 9.09. The number of benzene rings is 6. The summed E-state index contributed by atoms with van der Waals surface area (Å²) in [5, 5.41) is 14.2. The molecule has 3 N–H and O–H groups in total. The van der Waals surface area contributed by atoms with Crippen molar-refractivity contribution in [3.8, 4) is 0 Å². The number of piperidine rings is 2. The van der Waals surface area contributed by atoms with Crippen molar-refractivity contribution in [3.63, 3.8) is 0 Å². The van der Waals surface area contributed by atoms with Crippen molar-refractivity contribution >= 4 is 46.1 Å². The summed E-state index contributed by atoms with van der Waals surface area (Å²) in [4.78, 5) is 51.3. The van der Waals surface area contributed by atoms with Crippen molar-refractivity contribution in [3.05, 3.63) is 208 Å². The van der Waals surface area contributed by atoms with Crippen LogP contribution in [0.25, 0.3) is 11.0 Å². The van der Waals surface area contributed by atoms with Gasteiger partial charge in [0, 0.05) is 82.2 Å². The molecule has 384 valence electrons. The summed E-state index contributed by atoms with van der Waals surface area (Å²) in [5.74, 6) is 0.130. The van der Waals surface area contributed by atoms with Crippen LogP contribution in [0.1, 0.15) is 79.3 Å². The third-order valence-corrected chi connectivity index (χ3v) is 15.4. The minimum atomic E-state index is -0.859. The van der Waals surface area contributed by atoms with Gasteiger partial charge in [-0.2, -0.15) is 0 Å². The number of thiocarbonyl (C=S) groups is 1. The molecule has 0 aliphatic carbocycles. The third-order valence-electron chi connectivity index (χ3n) is 15.0. The lowest BCUT2D eigenvalue weighted by Gasteiger charge is -2.41. The molecule has 0 bridgehead atoms. The van der Waals surface area contributed by atoms with Gasteiger partial charge in [0.25, 0.3) is 0 Å². The molecule has 2 fully saturated rings. The summed E-state index contributed by atoms with van der Waals surface area (Å²) in [6, 6.07) is 58.6. The predicted octanol–water partition coefficient (Wildman–Crippen LogP) is 10.5. The highest BCUT2D eigenvalue weighted by Crippen LogP contribution is 2.35. The molecule has 74 heavy (non-hydrogen) atoms.